The lowest BCUT2D eigenvalue weighted by Gasteiger charge is -2.34. The third kappa shape index (κ3) is 0.914. The third-order valence-corrected chi connectivity index (χ3v) is 4.36. The average molecular weight is 177 g/mol. The van der Waals surface area contributed by atoms with E-state index in [9.17, 15) is 0 Å². The van der Waals surface area contributed by atoms with E-state index >= 15 is 0 Å². The predicted octanol–water partition coefficient (Wildman–Crippen LogP) is 2.58. The quantitative estimate of drug-likeness (QED) is 0.589. The van der Waals surface area contributed by atoms with Crippen molar-refractivity contribution in [2.45, 2.75) is 31.3 Å². The minimum absolute atomic E-state index is 0.212. The van der Waals surface area contributed by atoms with E-state index in [2.05, 4.69) is 19.1 Å². The van der Waals surface area contributed by atoms with Crippen molar-refractivity contribution in [1.29, 1.82) is 0 Å². The highest BCUT2D eigenvalue weighted by molar-refractivity contribution is 5.19. The number of ether oxygens (including phenoxy) is 1. The molecular weight excluding hydrogens is 160 g/mol. The first-order chi connectivity index (χ1) is 6.36. The first-order valence-electron chi connectivity index (χ1n) is 5.45. The summed E-state index contributed by atoms with van der Waals surface area (Å²) in [6.07, 6.45) is 10.0. The van der Waals surface area contributed by atoms with Gasteiger partial charge in [0.25, 0.3) is 0 Å². The summed E-state index contributed by atoms with van der Waals surface area (Å²) in [5.41, 5.74) is 0.212. The smallest absolute Gasteiger partial charge is 0.0750 e. The largest absolute Gasteiger partial charge is 0.374 e. The molecule has 71 valence electrons. The third-order valence-electron chi connectivity index (χ3n) is 4.36. The molecule has 1 heteroatoms. The van der Waals surface area contributed by atoms with E-state index in [-0.39, 0.29) is 5.60 Å². The van der Waals surface area contributed by atoms with Gasteiger partial charge in [-0.1, -0.05) is 12.2 Å². The molecule has 13 heavy (non-hydrogen) atoms. The predicted molar refractivity (Wildman–Crippen MR) is 52.1 cm³/mol. The number of allylic oxidation sites excluding steroid dienone is 1. The van der Waals surface area contributed by atoms with Crippen LogP contribution in [0.1, 0.15) is 25.7 Å². The van der Waals surface area contributed by atoms with Gasteiger partial charge in [-0.25, -0.2) is 0 Å². The maximum absolute atomic E-state index is 5.93. The molecule has 0 saturated heterocycles. The molecule has 2 saturated carbocycles. The Kier molecular flexibility index (Phi) is 1.61. The lowest BCUT2D eigenvalue weighted by atomic mass is 9.79. The van der Waals surface area contributed by atoms with E-state index < -0.39 is 0 Å². The normalized spacial score (nSPS) is 51.6. The highest BCUT2D eigenvalue weighted by Crippen LogP contribution is 2.60. The Labute approximate surface area is 80.2 Å². The molecule has 2 fully saturated rings. The van der Waals surface area contributed by atoms with Crippen LogP contribution in [0.3, 0.4) is 0 Å². The number of fused-ring (bicyclic) bond motifs is 5. The molecule has 0 spiro atoms. The SMILES string of the molecule is [CH2]COC12CCC(C1)C1CC=CC12. The zero-order valence-corrected chi connectivity index (χ0v) is 8.04. The van der Waals surface area contributed by atoms with Gasteiger partial charge in [0.05, 0.1) is 5.60 Å². The molecule has 0 N–H and O–H groups in total. The highest BCUT2D eigenvalue weighted by atomic mass is 16.5. The fraction of sp³-hybridized carbons (Fsp3) is 0.750. The second-order valence-electron chi connectivity index (χ2n) is 4.77. The topological polar surface area (TPSA) is 9.23 Å². The summed E-state index contributed by atoms with van der Waals surface area (Å²) in [6, 6.07) is 0. The van der Waals surface area contributed by atoms with Crippen LogP contribution >= 0.6 is 0 Å². The van der Waals surface area contributed by atoms with Crippen molar-refractivity contribution in [1.82, 2.24) is 0 Å². The Morgan fingerprint density at radius 1 is 1.54 bits per heavy atom. The van der Waals surface area contributed by atoms with E-state index in [1.807, 2.05) is 0 Å². The molecule has 3 aliphatic rings. The Hall–Kier alpha value is -0.300. The first-order valence-corrected chi connectivity index (χ1v) is 5.45. The standard InChI is InChI=1S/C12H17O/c1-2-13-12-7-6-9(8-12)10-4-3-5-11(10)12/h3,5,9-11H,1-2,4,6-8H2. The van der Waals surface area contributed by atoms with Gasteiger partial charge in [0.1, 0.15) is 0 Å². The molecule has 0 aromatic heterocycles. The van der Waals surface area contributed by atoms with Crippen molar-refractivity contribution in [2.75, 3.05) is 6.61 Å². The molecule has 3 aliphatic carbocycles. The van der Waals surface area contributed by atoms with E-state index in [0.29, 0.717) is 6.61 Å². The van der Waals surface area contributed by atoms with Crippen LogP contribution in [0.5, 0.6) is 0 Å². The summed E-state index contributed by atoms with van der Waals surface area (Å²) >= 11 is 0. The number of hydrogen-bond donors (Lipinski definition) is 0. The van der Waals surface area contributed by atoms with Gasteiger partial charge in [-0.05, 0) is 44.4 Å². The molecule has 3 rings (SSSR count). The summed E-state index contributed by atoms with van der Waals surface area (Å²) in [6.45, 7) is 4.47. The molecule has 4 unspecified atom stereocenters. The Bertz CT molecular complexity index is 246. The zero-order chi connectivity index (χ0) is 8.89. The van der Waals surface area contributed by atoms with E-state index in [1.54, 1.807) is 0 Å². The van der Waals surface area contributed by atoms with E-state index in [1.165, 1.54) is 25.7 Å². The molecule has 1 nitrogen and oxygen atoms in total. The summed E-state index contributed by atoms with van der Waals surface area (Å²) < 4.78 is 5.93. The lowest BCUT2D eigenvalue weighted by molar-refractivity contribution is -0.0534. The van der Waals surface area contributed by atoms with Crippen LogP contribution in [-0.4, -0.2) is 12.2 Å². The fourth-order valence-corrected chi connectivity index (χ4v) is 3.90. The van der Waals surface area contributed by atoms with E-state index in [0.717, 1.165) is 17.8 Å². The van der Waals surface area contributed by atoms with Gasteiger partial charge in [0.15, 0.2) is 0 Å². The van der Waals surface area contributed by atoms with Crippen LogP contribution in [0, 0.1) is 24.7 Å². The van der Waals surface area contributed by atoms with Crippen LogP contribution in [0.2, 0.25) is 0 Å². The van der Waals surface area contributed by atoms with Gasteiger partial charge in [0, 0.05) is 12.5 Å². The van der Waals surface area contributed by atoms with Gasteiger partial charge >= 0.3 is 0 Å². The maximum Gasteiger partial charge on any atom is 0.0750 e. The minimum atomic E-state index is 0.212. The highest BCUT2D eigenvalue weighted by Gasteiger charge is 2.58. The molecule has 0 aliphatic heterocycles. The lowest BCUT2D eigenvalue weighted by Crippen LogP contribution is -2.36. The minimum Gasteiger partial charge on any atom is -0.374 e. The summed E-state index contributed by atoms with van der Waals surface area (Å²) in [5.74, 6) is 2.60. The molecule has 0 heterocycles. The van der Waals surface area contributed by atoms with Gasteiger partial charge < -0.3 is 4.74 Å². The molecule has 0 aromatic rings. The zero-order valence-electron chi connectivity index (χ0n) is 8.04. The van der Waals surface area contributed by atoms with Crippen LogP contribution in [0.15, 0.2) is 12.2 Å². The van der Waals surface area contributed by atoms with Crippen molar-refractivity contribution >= 4 is 0 Å². The van der Waals surface area contributed by atoms with Gasteiger partial charge in [-0.15, -0.1) is 0 Å². The Morgan fingerprint density at radius 3 is 3.31 bits per heavy atom. The van der Waals surface area contributed by atoms with Crippen molar-refractivity contribution in [3.05, 3.63) is 19.1 Å². The molecule has 0 aromatic carbocycles. The molecule has 1 radical (unpaired) electrons. The van der Waals surface area contributed by atoms with Gasteiger partial charge in [-0.3, -0.25) is 0 Å². The molecule has 0 amide bonds. The van der Waals surface area contributed by atoms with Crippen LogP contribution < -0.4 is 0 Å². The number of hydrogen-bond acceptors (Lipinski definition) is 1. The Morgan fingerprint density at radius 2 is 2.46 bits per heavy atom. The monoisotopic (exact) mass is 177 g/mol. The summed E-state index contributed by atoms with van der Waals surface area (Å²) in [4.78, 5) is 0. The van der Waals surface area contributed by atoms with Crippen LogP contribution in [0.4, 0.5) is 0 Å². The summed E-state index contributed by atoms with van der Waals surface area (Å²) in [7, 11) is 0. The molecule has 2 bridgehead atoms. The van der Waals surface area contributed by atoms with Crippen molar-refractivity contribution < 1.29 is 4.74 Å². The second-order valence-corrected chi connectivity index (χ2v) is 4.77. The van der Waals surface area contributed by atoms with Gasteiger partial charge in [-0.2, -0.15) is 0 Å². The maximum atomic E-state index is 5.93. The first kappa shape index (κ1) is 8.05. The summed E-state index contributed by atoms with van der Waals surface area (Å²) in [5, 5.41) is 0. The van der Waals surface area contributed by atoms with Crippen molar-refractivity contribution in [3.63, 3.8) is 0 Å². The Balaban J connectivity index is 1.91. The second kappa shape index (κ2) is 2.60. The van der Waals surface area contributed by atoms with Crippen LogP contribution in [0.25, 0.3) is 0 Å². The fourth-order valence-electron chi connectivity index (χ4n) is 3.90. The van der Waals surface area contributed by atoms with Crippen molar-refractivity contribution in [2.24, 2.45) is 17.8 Å². The van der Waals surface area contributed by atoms with E-state index in [4.69, 9.17) is 4.74 Å². The molecular formula is C12H17O. The average Bonchev–Trinajstić information content (AvgIpc) is 2.73. The van der Waals surface area contributed by atoms with Crippen LogP contribution in [-0.2, 0) is 4.74 Å². The number of rotatable bonds is 2. The van der Waals surface area contributed by atoms with Gasteiger partial charge in [0.2, 0.25) is 0 Å². The van der Waals surface area contributed by atoms with Crippen molar-refractivity contribution in [3.8, 4) is 0 Å². The molecule has 4 atom stereocenters.